The van der Waals surface area contributed by atoms with Crippen LogP contribution in [0.25, 0.3) is 10.6 Å². The van der Waals surface area contributed by atoms with Crippen molar-refractivity contribution < 1.29 is 4.79 Å². The van der Waals surface area contributed by atoms with Crippen LogP contribution in [0.15, 0.2) is 23.8 Å². The average Bonchev–Trinajstić information content (AvgIpc) is 2.78. The molecule has 4 heteroatoms. The number of pyridine rings is 1. The molecule has 2 aromatic heterocycles. The van der Waals surface area contributed by atoms with E-state index in [-0.39, 0.29) is 5.78 Å². The molecule has 0 fully saturated rings. The molecule has 0 aliphatic heterocycles. The molecule has 0 saturated carbocycles. The van der Waals surface area contributed by atoms with Gasteiger partial charge in [-0.3, -0.25) is 9.78 Å². The van der Waals surface area contributed by atoms with Gasteiger partial charge in [-0.15, -0.1) is 11.3 Å². The van der Waals surface area contributed by atoms with Gasteiger partial charge in [-0.1, -0.05) is 6.92 Å². The number of hydrogen-bond acceptors (Lipinski definition) is 4. The van der Waals surface area contributed by atoms with Gasteiger partial charge in [-0.25, -0.2) is 4.98 Å². The molecule has 82 valence electrons. The highest BCUT2D eigenvalue weighted by Crippen LogP contribution is 2.26. The van der Waals surface area contributed by atoms with Gasteiger partial charge < -0.3 is 0 Å². The summed E-state index contributed by atoms with van der Waals surface area (Å²) in [5, 5.41) is 2.70. The second-order valence-corrected chi connectivity index (χ2v) is 4.34. The normalized spacial score (nSPS) is 10.4. The quantitative estimate of drug-likeness (QED) is 0.764. The smallest absolute Gasteiger partial charge is 0.178 e. The van der Waals surface area contributed by atoms with Crippen molar-refractivity contribution in [3.05, 3.63) is 35.1 Å². The second-order valence-electron chi connectivity index (χ2n) is 3.48. The molecule has 0 atom stereocenters. The molecular weight excluding hydrogens is 220 g/mol. The fourth-order valence-electron chi connectivity index (χ4n) is 1.48. The minimum Gasteiger partial charge on any atom is -0.293 e. The highest BCUT2D eigenvalue weighted by Gasteiger charge is 2.10. The van der Waals surface area contributed by atoms with Crippen LogP contribution in [0.1, 0.15) is 29.9 Å². The first kappa shape index (κ1) is 11.0. The van der Waals surface area contributed by atoms with Gasteiger partial charge in [0.15, 0.2) is 5.78 Å². The third-order valence-electron chi connectivity index (χ3n) is 2.38. The van der Waals surface area contributed by atoms with Crippen LogP contribution in [0.4, 0.5) is 0 Å². The van der Waals surface area contributed by atoms with Gasteiger partial charge in [-0.2, -0.15) is 0 Å². The predicted molar refractivity (Wildman–Crippen MR) is 64.7 cm³/mol. The van der Waals surface area contributed by atoms with Crippen molar-refractivity contribution in [1.82, 2.24) is 9.97 Å². The Hall–Kier alpha value is -1.55. The Balaban J connectivity index is 2.46. The summed E-state index contributed by atoms with van der Waals surface area (Å²) in [7, 11) is 0. The van der Waals surface area contributed by atoms with E-state index in [0.717, 1.165) is 22.6 Å². The topological polar surface area (TPSA) is 42.9 Å². The van der Waals surface area contributed by atoms with Crippen LogP contribution in [0, 0.1) is 0 Å². The average molecular weight is 232 g/mol. The van der Waals surface area contributed by atoms with Gasteiger partial charge in [0.1, 0.15) is 10.7 Å². The molecule has 0 saturated heterocycles. The van der Waals surface area contributed by atoms with E-state index in [2.05, 4.69) is 16.9 Å². The van der Waals surface area contributed by atoms with Crippen LogP contribution >= 0.6 is 11.3 Å². The van der Waals surface area contributed by atoms with Gasteiger partial charge >= 0.3 is 0 Å². The highest BCUT2D eigenvalue weighted by molar-refractivity contribution is 7.13. The van der Waals surface area contributed by atoms with Gasteiger partial charge in [0.2, 0.25) is 0 Å². The number of aromatic nitrogens is 2. The van der Waals surface area contributed by atoms with Crippen LogP contribution in [0.2, 0.25) is 0 Å². The Morgan fingerprint density at radius 3 is 2.94 bits per heavy atom. The Bertz CT molecular complexity index is 519. The monoisotopic (exact) mass is 232 g/mol. The summed E-state index contributed by atoms with van der Waals surface area (Å²) in [5.74, 6) is 0.00889. The standard InChI is InChI=1S/C12H12N2OS/c1-3-9-6-13-5-4-10(9)12-14-11(7-16-12)8(2)15/h4-7H,3H2,1-2H3. The summed E-state index contributed by atoms with van der Waals surface area (Å²) in [5.41, 5.74) is 2.78. The summed E-state index contributed by atoms with van der Waals surface area (Å²) in [6, 6.07) is 1.95. The first-order valence-electron chi connectivity index (χ1n) is 5.12. The molecule has 16 heavy (non-hydrogen) atoms. The van der Waals surface area contributed by atoms with E-state index in [4.69, 9.17) is 0 Å². The second kappa shape index (κ2) is 4.53. The number of hydrogen-bond donors (Lipinski definition) is 0. The number of rotatable bonds is 3. The first-order valence-corrected chi connectivity index (χ1v) is 6.00. The number of carbonyl (C=O) groups excluding carboxylic acids is 1. The fraction of sp³-hybridized carbons (Fsp3) is 0.250. The molecule has 2 heterocycles. The molecule has 0 bridgehead atoms. The van der Waals surface area contributed by atoms with Crippen molar-refractivity contribution in [2.24, 2.45) is 0 Å². The summed E-state index contributed by atoms with van der Waals surface area (Å²) in [6.45, 7) is 3.62. The fourth-order valence-corrected chi connectivity index (χ4v) is 2.40. The molecule has 0 unspecified atom stereocenters. The number of carbonyl (C=O) groups is 1. The molecule has 0 aliphatic carbocycles. The summed E-state index contributed by atoms with van der Waals surface area (Å²) in [4.78, 5) is 19.6. The molecule has 0 radical (unpaired) electrons. The number of aryl methyl sites for hydroxylation is 1. The predicted octanol–water partition coefficient (Wildman–Crippen LogP) is 2.97. The van der Waals surface area contributed by atoms with Gasteiger partial charge in [0, 0.05) is 30.3 Å². The largest absolute Gasteiger partial charge is 0.293 e. The minimum atomic E-state index is 0.00889. The molecule has 0 amide bonds. The first-order chi connectivity index (χ1) is 7.72. The summed E-state index contributed by atoms with van der Waals surface area (Å²) >= 11 is 1.50. The Morgan fingerprint density at radius 2 is 2.31 bits per heavy atom. The zero-order chi connectivity index (χ0) is 11.5. The number of nitrogens with zero attached hydrogens (tertiary/aromatic N) is 2. The SMILES string of the molecule is CCc1cnccc1-c1nc(C(C)=O)cs1. The Labute approximate surface area is 98.2 Å². The number of Topliss-reactive ketones (excluding diaryl/α,β-unsaturated/α-hetero) is 1. The van der Waals surface area contributed by atoms with E-state index >= 15 is 0 Å². The van der Waals surface area contributed by atoms with Gasteiger partial charge in [-0.05, 0) is 18.1 Å². The van der Waals surface area contributed by atoms with Crippen molar-refractivity contribution in [3.8, 4) is 10.6 Å². The zero-order valence-electron chi connectivity index (χ0n) is 9.23. The van der Waals surface area contributed by atoms with Gasteiger partial charge in [0.25, 0.3) is 0 Å². The van der Waals surface area contributed by atoms with Crippen molar-refractivity contribution in [2.45, 2.75) is 20.3 Å². The number of ketones is 1. The van der Waals surface area contributed by atoms with E-state index in [1.807, 2.05) is 12.3 Å². The summed E-state index contributed by atoms with van der Waals surface area (Å²) < 4.78 is 0. The Kier molecular flexibility index (Phi) is 3.10. The molecular formula is C12H12N2OS. The van der Waals surface area contributed by atoms with Crippen LogP contribution in [0.3, 0.4) is 0 Å². The molecule has 0 spiro atoms. The molecule has 0 N–H and O–H groups in total. The van der Waals surface area contributed by atoms with Crippen LogP contribution in [-0.2, 0) is 6.42 Å². The third-order valence-corrected chi connectivity index (χ3v) is 3.26. The maximum Gasteiger partial charge on any atom is 0.178 e. The van der Waals surface area contributed by atoms with Crippen molar-refractivity contribution in [3.63, 3.8) is 0 Å². The van der Waals surface area contributed by atoms with E-state index in [1.54, 1.807) is 11.6 Å². The molecule has 0 aliphatic rings. The summed E-state index contributed by atoms with van der Waals surface area (Å²) in [6.07, 6.45) is 4.52. The lowest BCUT2D eigenvalue weighted by molar-refractivity contribution is 0.101. The van der Waals surface area contributed by atoms with Crippen LogP contribution in [-0.4, -0.2) is 15.8 Å². The lowest BCUT2D eigenvalue weighted by atomic mass is 10.1. The van der Waals surface area contributed by atoms with E-state index < -0.39 is 0 Å². The molecule has 3 nitrogen and oxygen atoms in total. The van der Waals surface area contributed by atoms with Crippen molar-refractivity contribution in [1.29, 1.82) is 0 Å². The zero-order valence-corrected chi connectivity index (χ0v) is 10.0. The maximum atomic E-state index is 11.2. The molecule has 2 rings (SSSR count). The van der Waals surface area contributed by atoms with E-state index in [9.17, 15) is 4.79 Å². The van der Waals surface area contributed by atoms with E-state index in [1.165, 1.54) is 18.3 Å². The van der Waals surface area contributed by atoms with Crippen LogP contribution < -0.4 is 0 Å². The lowest BCUT2D eigenvalue weighted by Gasteiger charge is -2.02. The lowest BCUT2D eigenvalue weighted by Crippen LogP contribution is -1.93. The van der Waals surface area contributed by atoms with Crippen molar-refractivity contribution >= 4 is 17.1 Å². The maximum absolute atomic E-state index is 11.2. The number of thiazole rings is 1. The van der Waals surface area contributed by atoms with Crippen LogP contribution in [0.5, 0.6) is 0 Å². The van der Waals surface area contributed by atoms with E-state index in [0.29, 0.717) is 5.69 Å². The highest BCUT2D eigenvalue weighted by atomic mass is 32.1. The third kappa shape index (κ3) is 2.02. The van der Waals surface area contributed by atoms with Crippen molar-refractivity contribution in [2.75, 3.05) is 0 Å². The molecule has 2 aromatic rings. The van der Waals surface area contributed by atoms with Gasteiger partial charge in [0.05, 0.1) is 0 Å². The minimum absolute atomic E-state index is 0.00889. The Morgan fingerprint density at radius 1 is 1.50 bits per heavy atom. The molecule has 0 aromatic carbocycles.